The fourth-order valence-corrected chi connectivity index (χ4v) is 4.53. The molecule has 0 spiro atoms. The van der Waals surface area contributed by atoms with Crippen LogP contribution in [0.2, 0.25) is 0 Å². The first-order chi connectivity index (χ1) is 11.5. The molecule has 24 heavy (non-hydrogen) atoms. The molecule has 1 aromatic carbocycles. The van der Waals surface area contributed by atoms with Crippen LogP contribution in [0.1, 0.15) is 40.4 Å². The quantitative estimate of drug-likeness (QED) is 0.774. The number of hydrogen-bond donors (Lipinski definition) is 1. The van der Waals surface area contributed by atoms with E-state index in [-0.39, 0.29) is 11.6 Å². The van der Waals surface area contributed by atoms with E-state index in [9.17, 15) is 4.79 Å². The SMILES string of the molecule is Cc1sc2nc(C(C)N3CCc4ccccc4C3)[nH]c(=O)c2c1C. The minimum atomic E-state index is -0.0129. The van der Waals surface area contributed by atoms with Gasteiger partial charge in [-0.15, -0.1) is 11.3 Å². The van der Waals surface area contributed by atoms with Crippen molar-refractivity contribution < 1.29 is 0 Å². The Bertz CT molecular complexity index is 972. The van der Waals surface area contributed by atoms with Crippen LogP contribution in [0.3, 0.4) is 0 Å². The summed E-state index contributed by atoms with van der Waals surface area (Å²) in [6.45, 7) is 8.07. The highest BCUT2D eigenvalue weighted by atomic mass is 32.1. The van der Waals surface area contributed by atoms with Crippen LogP contribution >= 0.6 is 11.3 Å². The largest absolute Gasteiger partial charge is 0.309 e. The Morgan fingerprint density at radius 1 is 1.25 bits per heavy atom. The van der Waals surface area contributed by atoms with Crippen molar-refractivity contribution in [2.75, 3.05) is 6.54 Å². The lowest BCUT2D eigenvalue weighted by Crippen LogP contribution is -2.34. The van der Waals surface area contributed by atoms with Gasteiger partial charge in [-0.2, -0.15) is 0 Å². The Morgan fingerprint density at radius 3 is 2.79 bits per heavy atom. The monoisotopic (exact) mass is 339 g/mol. The average molecular weight is 339 g/mol. The third-order valence-electron chi connectivity index (χ3n) is 5.16. The van der Waals surface area contributed by atoms with Crippen LogP contribution in [0.5, 0.6) is 0 Å². The average Bonchev–Trinajstić information content (AvgIpc) is 2.88. The van der Waals surface area contributed by atoms with Crippen LogP contribution < -0.4 is 5.56 Å². The summed E-state index contributed by atoms with van der Waals surface area (Å²) in [4.78, 5) is 24.7. The number of benzene rings is 1. The zero-order valence-corrected chi connectivity index (χ0v) is 15.0. The molecule has 1 aliphatic rings. The van der Waals surface area contributed by atoms with Crippen molar-refractivity contribution in [3.8, 4) is 0 Å². The number of H-pyrrole nitrogens is 1. The predicted molar refractivity (Wildman–Crippen MR) is 98.7 cm³/mol. The van der Waals surface area contributed by atoms with Crippen molar-refractivity contribution in [1.29, 1.82) is 0 Å². The molecule has 3 heterocycles. The van der Waals surface area contributed by atoms with Gasteiger partial charge in [0, 0.05) is 18.0 Å². The maximum Gasteiger partial charge on any atom is 0.259 e. The van der Waals surface area contributed by atoms with Crippen LogP contribution in [0.25, 0.3) is 10.2 Å². The highest BCUT2D eigenvalue weighted by Crippen LogP contribution is 2.29. The Morgan fingerprint density at radius 2 is 2.00 bits per heavy atom. The summed E-state index contributed by atoms with van der Waals surface area (Å²) in [6.07, 6.45) is 1.05. The van der Waals surface area contributed by atoms with Gasteiger partial charge in [0.15, 0.2) is 0 Å². The van der Waals surface area contributed by atoms with Crippen LogP contribution in [0.4, 0.5) is 0 Å². The molecule has 0 saturated carbocycles. The summed E-state index contributed by atoms with van der Waals surface area (Å²) in [7, 11) is 0. The number of thiophene rings is 1. The molecule has 0 amide bonds. The summed E-state index contributed by atoms with van der Waals surface area (Å²) < 4.78 is 0. The lowest BCUT2D eigenvalue weighted by Gasteiger charge is -2.33. The van der Waals surface area contributed by atoms with Gasteiger partial charge < -0.3 is 4.98 Å². The van der Waals surface area contributed by atoms with Gasteiger partial charge in [-0.1, -0.05) is 24.3 Å². The summed E-state index contributed by atoms with van der Waals surface area (Å²) in [6, 6.07) is 8.70. The molecule has 0 saturated heterocycles. The highest BCUT2D eigenvalue weighted by molar-refractivity contribution is 7.18. The first-order valence-electron chi connectivity index (χ1n) is 8.35. The molecule has 1 atom stereocenters. The van der Waals surface area contributed by atoms with Crippen molar-refractivity contribution in [2.45, 2.75) is 39.8 Å². The predicted octanol–water partition coefficient (Wildman–Crippen LogP) is 3.72. The molecule has 4 rings (SSSR count). The van der Waals surface area contributed by atoms with Gasteiger partial charge in [-0.25, -0.2) is 4.98 Å². The molecule has 1 aliphatic heterocycles. The lowest BCUT2D eigenvalue weighted by atomic mass is 9.99. The van der Waals surface area contributed by atoms with Crippen molar-refractivity contribution in [1.82, 2.24) is 14.9 Å². The molecule has 0 fully saturated rings. The molecule has 2 aromatic heterocycles. The van der Waals surface area contributed by atoms with Crippen molar-refractivity contribution in [3.63, 3.8) is 0 Å². The highest BCUT2D eigenvalue weighted by Gasteiger charge is 2.24. The van der Waals surface area contributed by atoms with Gasteiger partial charge in [-0.05, 0) is 43.9 Å². The topological polar surface area (TPSA) is 49.0 Å². The first kappa shape index (κ1) is 15.5. The third kappa shape index (κ3) is 2.48. The van der Waals surface area contributed by atoms with Crippen LogP contribution in [0, 0.1) is 13.8 Å². The minimum Gasteiger partial charge on any atom is -0.309 e. The number of aromatic nitrogens is 2. The van der Waals surface area contributed by atoms with Gasteiger partial charge >= 0.3 is 0 Å². The zero-order chi connectivity index (χ0) is 16.8. The molecule has 0 bridgehead atoms. The summed E-state index contributed by atoms with van der Waals surface area (Å²) in [5.41, 5.74) is 3.85. The zero-order valence-electron chi connectivity index (χ0n) is 14.2. The normalized spacial score (nSPS) is 16.3. The van der Waals surface area contributed by atoms with Crippen molar-refractivity contribution in [2.24, 2.45) is 0 Å². The standard InChI is InChI=1S/C19H21N3OS/c1-11-13(3)24-19-16(11)18(23)20-17(21-19)12(2)22-9-8-14-6-4-5-7-15(14)10-22/h4-7,12H,8-10H2,1-3H3,(H,20,21,23). The number of aryl methyl sites for hydroxylation is 2. The van der Waals surface area contributed by atoms with Gasteiger partial charge in [0.05, 0.1) is 11.4 Å². The first-order valence-corrected chi connectivity index (χ1v) is 9.17. The van der Waals surface area contributed by atoms with Crippen LogP contribution in [-0.4, -0.2) is 21.4 Å². The van der Waals surface area contributed by atoms with E-state index in [1.807, 2.05) is 13.8 Å². The minimum absolute atomic E-state index is 0.0129. The molecule has 1 unspecified atom stereocenters. The van der Waals surface area contributed by atoms with E-state index in [1.165, 1.54) is 16.0 Å². The number of fused-ring (bicyclic) bond motifs is 2. The van der Waals surface area contributed by atoms with E-state index >= 15 is 0 Å². The lowest BCUT2D eigenvalue weighted by molar-refractivity contribution is 0.185. The fourth-order valence-electron chi connectivity index (χ4n) is 3.49. The van der Waals surface area contributed by atoms with Gasteiger partial charge in [0.1, 0.15) is 10.7 Å². The molecule has 1 N–H and O–H groups in total. The number of nitrogens with one attached hydrogen (secondary N) is 1. The van der Waals surface area contributed by atoms with E-state index in [4.69, 9.17) is 4.98 Å². The summed E-state index contributed by atoms with van der Waals surface area (Å²) >= 11 is 1.61. The second kappa shape index (κ2) is 5.83. The summed E-state index contributed by atoms with van der Waals surface area (Å²) in [5, 5.41) is 0.748. The maximum absolute atomic E-state index is 12.5. The van der Waals surface area contributed by atoms with E-state index in [2.05, 4.69) is 41.1 Å². The van der Waals surface area contributed by atoms with Gasteiger partial charge in [-0.3, -0.25) is 9.69 Å². The molecular weight excluding hydrogens is 318 g/mol. The van der Waals surface area contributed by atoms with Crippen molar-refractivity contribution >= 4 is 21.6 Å². The molecule has 0 aliphatic carbocycles. The molecule has 0 radical (unpaired) electrons. The Balaban J connectivity index is 1.69. The Hall–Kier alpha value is -1.98. The van der Waals surface area contributed by atoms with Gasteiger partial charge in [0.2, 0.25) is 0 Å². The second-order valence-corrected chi connectivity index (χ2v) is 7.78. The number of rotatable bonds is 2. The van der Waals surface area contributed by atoms with E-state index in [0.29, 0.717) is 0 Å². The van der Waals surface area contributed by atoms with Crippen LogP contribution in [0.15, 0.2) is 29.1 Å². The second-order valence-electron chi connectivity index (χ2n) is 6.58. The molecule has 124 valence electrons. The molecule has 5 heteroatoms. The molecule has 4 nitrogen and oxygen atoms in total. The smallest absolute Gasteiger partial charge is 0.259 e. The number of hydrogen-bond acceptors (Lipinski definition) is 4. The van der Waals surface area contributed by atoms with E-state index in [1.54, 1.807) is 11.3 Å². The molecule has 3 aromatic rings. The third-order valence-corrected chi connectivity index (χ3v) is 6.26. The van der Waals surface area contributed by atoms with Crippen LogP contribution in [-0.2, 0) is 13.0 Å². The van der Waals surface area contributed by atoms with E-state index in [0.717, 1.165) is 41.1 Å². The maximum atomic E-state index is 12.5. The Labute approximate surface area is 145 Å². The van der Waals surface area contributed by atoms with Gasteiger partial charge in [0.25, 0.3) is 5.56 Å². The Kier molecular flexibility index (Phi) is 3.77. The molecular formula is C19H21N3OS. The fraction of sp³-hybridized carbons (Fsp3) is 0.368. The number of aromatic amines is 1. The number of nitrogens with zero attached hydrogens (tertiary/aromatic N) is 2. The van der Waals surface area contributed by atoms with E-state index < -0.39 is 0 Å². The summed E-state index contributed by atoms with van der Waals surface area (Å²) in [5.74, 6) is 0.771. The van der Waals surface area contributed by atoms with Crippen molar-refractivity contribution in [3.05, 3.63) is 62.0 Å².